The van der Waals surface area contributed by atoms with Crippen molar-refractivity contribution in [3.8, 4) is 5.75 Å². The van der Waals surface area contributed by atoms with Gasteiger partial charge in [-0.15, -0.1) is 0 Å². The zero-order valence-corrected chi connectivity index (χ0v) is 11.3. The van der Waals surface area contributed by atoms with Gasteiger partial charge in [0, 0.05) is 23.6 Å². The minimum Gasteiger partial charge on any atom is -0.491 e. The van der Waals surface area contributed by atoms with Crippen LogP contribution in [0.5, 0.6) is 5.75 Å². The van der Waals surface area contributed by atoms with E-state index in [0.29, 0.717) is 6.61 Å². The molecule has 3 rings (SSSR count). The lowest BCUT2D eigenvalue weighted by molar-refractivity contribution is 0.331. The van der Waals surface area contributed by atoms with Crippen molar-refractivity contribution in [1.29, 1.82) is 0 Å². The van der Waals surface area contributed by atoms with Crippen LogP contribution in [0.2, 0.25) is 0 Å². The predicted molar refractivity (Wildman–Crippen MR) is 72.4 cm³/mol. The molecule has 0 saturated carbocycles. The number of benzene rings is 1. The van der Waals surface area contributed by atoms with Crippen LogP contribution in [0.25, 0.3) is 0 Å². The molecule has 4 nitrogen and oxygen atoms in total. The van der Waals surface area contributed by atoms with Crippen molar-refractivity contribution in [3.05, 3.63) is 35.2 Å². The molecular weight excluding hydrogens is 246 g/mol. The molecule has 0 N–H and O–H groups in total. The first kappa shape index (κ1) is 11.5. The van der Waals surface area contributed by atoms with Gasteiger partial charge in [0.2, 0.25) is 5.13 Å². The molecule has 0 aliphatic carbocycles. The van der Waals surface area contributed by atoms with Gasteiger partial charge in [0.05, 0.1) is 6.54 Å². The Morgan fingerprint density at radius 3 is 3.00 bits per heavy atom. The van der Waals surface area contributed by atoms with Gasteiger partial charge in [0.25, 0.3) is 0 Å². The summed E-state index contributed by atoms with van der Waals surface area (Å²) in [5.74, 6) is 1.83. The molecule has 1 aliphatic rings. The highest BCUT2D eigenvalue weighted by Crippen LogP contribution is 2.27. The van der Waals surface area contributed by atoms with Gasteiger partial charge in [-0.1, -0.05) is 17.7 Å². The second kappa shape index (κ2) is 4.57. The van der Waals surface area contributed by atoms with E-state index in [0.717, 1.165) is 29.8 Å². The van der Waals surface area contributed by atoms with Gasteiger partial charge < -0.3 is 9.64 Å². The van der Waals surface area contributed by atoms with Gasteiger partial charge >= 0.3 is 0 Å². The summed E-state index contributed by atoms with van der Waals surface area (Å²) in [6, 6.07) is 6.32. The summed E-state index contributed by atoms with van der Waals surface area (Å²) in [6.45, 7) is 6.40. The minimum atomic E-state index is 0.689. The SMILES string of the molecule is Cc1ccc2c(c1)CN(c1nc(C)ns1)CCO2. The summed E-state index contributed by atoms with van der Waals surface area (Å²) in [4.78, 5) is 6.68. The molecule has 0 atom stereocenters. The van der Waals surface area contributed by atoms with Crippen molar-refractivity contribution in [3.63, 3.8) is 0 Å². The maximum absolute atomic E-state index is 5.78. The van der Waals surface area contributed by atoms with E-state index in [2.05, 4.69) is 39.4 Å². The Hall–Kier alpha value is -1.62. The lowest BCUT2D eigenvalue weighted by Gasteiger charge is -2.17. The van der Waals surface area contributed by atoms with Crippen LogP contribution in [0, 0.1) is 13.8 Å². The molecule has 0 amide bonds. The van der Waals surface area contributed by atoms with Crippen LogP contribution in [0.1, 0.15) is 17.0 Å². The molecule has 0 fully saturated rings. The van der Waals surface area contributed by atoms with Crippen LogP contribution >= 0.6 is 11.5 Å². The summed E-state index contributed by atoms with van der Waals surface area (Å²) in [6.07, 6.45) is 0. The smallest absolute Gasteiger partial charge is 0.205 e. The fourth-order valence-electron chi connectivity index (χ4n) is 2.10. The van der Waals surface area contributed by atoms with Crippen molar-refractivity contribution < 1.29 is 4.74 Å². The maximum atomic E-state index is 5.78. The summed E-state index contributed by atoms with van der Waals surface area (Å²) in [5.41, 5.74) is 2.48. The number of hydrogen-bond acceptors (Lipinski definition) is 5. The van der Waals surface area contributed by atoms with E-state index in [1.807, 2.05) is 6.92 Å². The highest BCUT2D eigenvalue weighted by atomic mass is 32.1. The highest BCUT2D eigenvalue weighted by molar-refractivity contribution is 7.09. The number of rotatable bonds is 1. The van der Waals surface area contributed by atoms with E-state index in [1.54, 1.807) is 0 Å². The fraction of sp³-hybridized carbons (Fsp3) is 0.385. The third kappa shape index (κ3) is 2.18. The molecule has 2 aromatic rings. The van der Waals surface area contributed by atoms with Crippen LogP contribution in [-0.4, -0.2) is 22.5 Å². The van der Waals surface area contributed by atoms with Crippen molar-refractivity contribution in [1.82, 2.24) is 9.36 Å². The number of aryl methyl sites for hydroxylation is 2. The van der Waals surface area contributed by atoms with E-state index < -0.39 is 0 Å². The van der Waals surface area contributed by atoms with Gasteiger partial charge in [-0.25, -0.2) is 4.98 Å². The third-order valence-electron chi connectivity index (χ3n) is 2.98. The van der Waals surface area contributed by atoms with Crippen LogP contribution in [-0.2, 0) is 6.54 Å². The number of hydrogen-bond donors (Lipinski definition) is 0. The summed E-state index contributed by atoms with van der Waals surface area (Å²) < 4.78 is 10.0. The zero-order chi connectivity index (χ0) is 12.5. The van der Waals surface area contributed by atoms with Gasteiger partial charge in [-0.2, -0.15) is 4.37 Å². The number of fused-ring (bicyclic) bond motifs is 1. The van der Waals surface area contributed by atoms with Crippen LogP contribution in [0.4, 0.5) is 5.13 Å². The van der Waals surface area contributed by atoms with Crippen molar-refractivity contribution >= 4 is 16.7 Å². The van der Waals surface area contributed by atoms with Crippen molar-refractivity contribution in [2.75, 3.05) is 18.1 Å². The minimum absolute atomic E-state index is 0.689. The highest BCUT2D eigenvalue weighted by Gasteiger charge is 2.18. The molecule has 0 bridgehead atoms. The Balaban J connectivity index is 1.92. The predicted octanol–water partition coefficient (Wildman–Crippen LogP) is 2.55. The number of nitrogens with zero attached hydrogens (tertiary/aromatic N) is 3. The average Bonchev–Trinajstić information content (AvgIpc) is 2.66. The Morgan fingerprint density at radius 1 is 1.33 bits per heavy atom. The lowest BCUT2D eigenvalue weighted by Crippen LogP contribution is -2.25. The molecule has 1 aromatic carbocycles. The number of anilines is 1. The summed E-state index contributed by atoms with van der Waals surface area (Å²) in [7, 11) is 0. The molecule has 94 valence electrons. The lowest BCUT2D eigenvalue weighted by atomic mass is 10.1. The topological polar surface area (TPSA) is 38.2 Å². The van der Waals surface area contributed by atoms with Gasteiger partial charge in [-0.05, 0) is 19.9 Å². The first-order valence-corrected chi connectivity index (χ1v) is 6.77. The molecule has 0 spiro atoms. The molecule has 2 heterocycles. The Kier molecular flexibility index (Phi) is 2.91. The van der Waals surface area contributed by atoms with E-state index in [9.17, 15) is 0 Å². The first-order valence-electron chi connectivity index (χ1n) is 6.00. The van der Waals surface area contributed by atoms with E-state index in [4.69, 9.17) is 4.74 Å². The molecular formula is C13H15N3OS. The molecule has 5 heteroatoms. The average molecular weight is 261 g/mol. The first-order chi connectivity index (χ1) is 8.72. The van der Waals surface area contributed by atoms with Crippen LogP contribution in [0.15, 0.2) is 18.2 Å². The van der Waals surface area contributed by atoms with Crippen molar-refractivity contribution in [2.24, 2.45) is 0 Å². The van der Waals surface area contributed by atoms with Crippen LogP contribution in [0.3, 0.4) is 0 Å². The Morgan fingerprint density at radius 2 is 2.22 bits per heavy atom. The third-order valence-corrected chi connectivity index (χ3v) is 3.85. The van der Waals surface area contributed by atoms with E-state index in [1.165, 1.54) is 22.7 Å². The second-order valence-electron chi connectivity index (χ2n) is 4.51. The quantitative estimate of drug-likeness (QED) is 0.790. The monoisotopic (exact) mass is 261 g/mol. The van der Waals surface area contributed by atoms with Gasteiger partial charge in [0.1, 0.15) is 18.2 Å². The molecule has 0 saturated heterocycles. The standard InChI is InChI=1S/C13H15N3OS/c1-9-3-4-12-11(7-9)8-16(5-6-17-12)13-14-10(2)15-18-13/h3-4,7H,5-6,8H2,1-2H3. The normalized spacial score (nSPS) is 14.9. The van der Waals surface area contributed by atoms with Crippen molar-refractivity contribution in [2.45, 2.75) is 20.4 Å². The molecule has 0 radical (unpaired) electrons. The maximum Gasteiger partial charge on any atom is 0.205 e. The molecule has 1 aromatic heterocycles. The largest absolute Gasteiger partial charge is 0.491 e. The second-order valence-corrected chi connectivity index (χ2v) is 5.24. The summed E-state index contributed by atoms with van der Waals surface area (Å²) >= 11 is 1.45. The molecule has 1 aliphatic heterocycles. The molecule has 0 unspecified atom stereocenters. The Labute approximate surface area is 110 Å². The van der Waals surface area contributed by atoms with Gasteiger partial charge in [0.15, 0.2) is 0 Å². The van der Waals surface area contributed by atoms with Crippen LogP contribution < -0.4 is 9.64 Å². The summed E-state index contributed by atoms with van der Waals surface area (Å²) in [5, 5.41) is 0.977. The van der Waals surface area contributed by atoms with Gasteiger partial charge in [-0.3, -0.25) is 0 Å². The Bertz CT molecular complexity index is 567. The number of aromatic nitrogens is 2. The fourth-order valence-corrected chi connectivity index (χ4v) is 2.80. The number of ether oxygens (including phenoxy) is 1. The van der Waals surface area contributed by atoms with E-state index >= 15 is 0 Å². The zero-order valence-electron chi connectivity index (χ0n) is 10.5. The van der Waals surface area contributed by atoms with E-state index in [-0.39, 0.29) is 0 Å². The molecule has 18 heavy (non-hydrogen) atoms.